The molecule has 88 valence electrons. The first-order valence-electron chi connectivity index (χ1n) is 5.21. The molecule has 17 heavy (non-hydrogen) atoms. The maximum Gasteiger partial charge on any atom is 0.131 e. The molecule has 1 atom stereocenters. The van der Waals surface area contributed by atoms with Gasteiger partial charge in [0.15, 0.2) is 0 Å². The van der Waals surface area contributed by atoms with Gasteiger partial charge in [-0.1, -0.05) is 22.0 Å². The number of rotatable bonds is 2. The van der Waals surface area contributed by atoms with Gasteiger partial charge in [-0.3, -0.25) is 4.98 Å². The molecule has 2 rings (SSSR count). The summed E-state index contributed by atoms with van der Waals surface area (Å²) in [7, 11) is 0. The van der Waals surface area contributed by atoms with E-state index in [4.69, 9.17) is 5.73 Å². The number of nitrogens with two attached hydrogens (primary N) is 1. The standard InChI is InChI=1S/C13H13BrN2O/c1-13(17,12-4-2-3-7-16-12)10-8-9(14)5-6-11(10)15/h2-8,17H,15H2,1H3. The highest BCUT2D eigenvalue weighted by Crippen LogP contribution is 2.33. The van der Waals surface area contributed by atoms with Crippen LogP contribution < -0.4 is 5.73 Å². The fourth-order valence-electron chi connectivity index (χ4n) is 1.74. The average molecular weight is 293 g/mol. The molecular weight excluding hydrogens is 280 g/mol. The number of nitrogen functional groups attached to an aromatic ring is 1. The minimum Gasteiger partial charge on any atom is -0.398 e. The zero-order valence-corrected chi connectivity index (χ0v) is 11.0. The van der Waals surface area contributed by atoms with Crippen molar-refractivity contribution in [3.63, 3.8) is 0 Å². The van der Waals surface area contributed by atoms with Gasteiger partial charge in [-0.2, -0.15) is 0 Å². The van der Waals surface area contributed by atoms with Crippen molar-refractivity contribution in [2.45, 2.75) is 12.5 Å². The van der Waals surface area contributed by atoms with Gasteiger partial charge in [0.25, 0.3) is 0 Å². The van der Waals surface area contributed by atoms with Gasteiger partial charge in [0.1, 0.15) is 5.60 Å². The molecule has 0 spiro atoms. The summed E-state index contributed by atoms with van der Waals surface area (Å²) in [5, 5.41) is 10.6. The van der Waals surface area contributed by atoms with Crippen molar-refractivity contribution in [2.24, 2.45) is 0 Å². The first-order valence-corrected chi connectivity index (χ1v) is 6.00. The van der Waals surface area contributed by atoms with Crippen LogP contribution in [0.1, 0.15) is 18.2 Å². The number of pyridine rings is 1. The van der Waals surface area contributed by atoms with Gasteiger partial charge in [0, 0.05) is 21.9 Å². The van der Waals surface area contributed by atoms with Crippen LogP contribution in [0.4, 0.5) is 5.69 Å². The van der Waals surface area contributed by atoms with E-state index >= 15 is 0 Å². The van der Waals surface area contributed by atoms with Crippen LogP contribution in [0.5, 0.6) is 0 Å². The molecule has 1 aromatic carbocycles. The second-order valence-corrected chi connectivity index (χ2v) is 4.93. The van der Waals surface area contributed by atoms with E-state index in [0.29, 0.717) is 16.9 Å². The van der Waals surface area contributed by atoms with Crippen molar-refractivity contribution in [3.05, 3.63) is 58.3 Å². The van der Waals surface area contributed by atoms with E-state index in [2.05, 4.69) is 20.9 Å². The summed E-state index contributed by atoms with van der Waals surface area (Å²) < 4.78 is 0.873. The van der Waals surface area contributed by atoms with Crippen LogP contribution in [-0.2, 0) is 5.60 Å². The van der Waals surface area contributed by atoms with Gasteiger partial charge in [0.05, 0.1) is 5.69 Å². The van der Waals surface area contributed by atoms with Crippen molar-refractivity contribution >= 4 is 21.6 Å². The summed E-state index contributed by atoms with van der Waals surface area (Å²) in [5.74, 6) is 0. The molecule has 0 aliphatic heterocycles. The van der Waals surface area contributed by atoms with Crippen molar-refractivity contribution in [3.8, 4) is 0 Å². The highest BCUT2D eigenvalue weighted by Gasteiger charge is 2.29. The number of benzene rings is 1. The number of aliphatic hydroxyl groups is 1. The third kappa shape index (κ3) is 2.33. The van der Waals surface area contributed by atoms with Crippen molar-refractivity contribution in [1.82, 2.24) is 4.98 Å². The molecular formula is C13H13BrN2O. The highest BCUT2D eigenvalue weighted by atomic mass is 79.9. The van der Waals surface area contributed by atoms with Crippen LogP contribution in [0, 0.1) is 0 Å². The summed E-state index contributed by atoms with van der Waals surface area (Å²) in [4.78, 5) is 4.18. The Labute approximate surface area is 108 Å². The molecule has 0 amide bonds. The number of halogens is 1. The molecule has 0 radical (unpaired) electrons. The van der Waals surface area contributed by atoms with Crippen LogP contribution in [0.25, 0.3) is 0 Å². The largest absolute Gasteiger partial charge is 0.398 e. The molecule has 3 nitrogen and oxygen atoms in total. The predicted octanol–water partition coefficient (Wildman–Crippen LogP) is 2.68. The van der Waals surface area contributed by atoms with Gasteiger partial charge in [0.2, 0.25) is 0 Å². The highest BCUT2D eigenvalue weighted by molar-refractivity contribution is 9.10. The summed E-state index contributed by atoms with van der Waals surface area (Å²) in [6.45, 7) is 1.69. The Morgan fingerprint density at radius 1 is 1.29 bits per heavy atom. The Morgan fingerprint density at radius 3 is 2.71 bits per heavy atom. The predicted molar refractivity (Wildman–Crippen MR) is 71.5 cm³/mol. The molecule has 4 heteroatoms. The Kier molecular flexibility index (Phi) is 3.17. The van der Waals surface area contributed by atoms with E-state index in [1.54, 1.807) is 25.3 Å². The quantitative estimate of drug-likeness (QED) is 0.837. The monoisotopic (exact) mass is 292 g/mol. The zero-order chi connectivity index (χ0) is 12.5. The third-order valence-corrected chi connectivity index (χ3v) is 3.20. The summed E-state index contributed by atoms with van der Waals surface area (Å²) >= 11 is 3.37. The minimum absolute atomic E-state index is 0.545. The van der Waals surface area contributed by atoms with Crippen LogP contribution in [0.15, 0.2) is 47.1 Å². The maximum absolute atomic E-state index is 10.6. The van der Waals surface area contributed by atoms with Crippen molar-refractivity contribution < 1.29 is 5.11 Å². The van der Waals surface area contributed by atoms with Gasteiger partial charge in [-0.05, 0) is 37.3 Å². The van der Waals surface area contributed by atoms with Crippen LogP contribution >= 0.6 is 15.9 Å². The molecule has 2 aromatic rings. The summed E-state index contributed by atoms with van der Waals surface area (Å²) in [6.07, 6.45) is 1.65. The molecule has 1 unspecified atom stereocenters. The number of hydrogen-bond donors (Lipinski definition) is 2. The number of nitrogens with zero attached hydrogens (tertiary/aromatic N) is 1. The maximum atomic E-state index is 10.6. The molecule has 0 aliphatic carbocycles. The van der Waals surface area contributed by atoms with Crippen LogP contribution in [-0.4, -0.2) is 10.1 Å². The SMILES string of the molecule is CC(O)(c1ccccn1)c1cc(Br)ccc1N. The lowest BCUT2D eigenvalue weighted by Gasteiger charge is -2.25. The number of anilines is 1. The Hall–Kier alpha value is -1.39. The second-order valence-electron chi connectivity index (χ2n) is 4.02. The average Bonchev–Trinajstić information content (AvgIpc) is 2.33. The Bertz CT molecular complexity index is 526. The van der Waals surface area contributed by atoms with E-state index in [1.807, 2.05) is 24.3 Å². The molecule has 0 saturated carbocycles. The molecule has 3 N–H and O–H groups in total. The Morgan fingerprint density at radius 2 is 2.06 bits per heavy atom. The molecule has 0 fully saturated rings. The molecule has 1 heterocycles. The molecule has 0 saturated heterocycles. The lowest BCUT2D eigenvalue weighted by atomic mass is 9.91. The fraction of sp³-hybridized carbons (Fsp3) is 0.154. The van der Waals surface area contributed by atoms with E-state index in [-0.39, 0.29) is 0 Å². The minimum atomic E-state index is -1.20. The van der Waals surface area contributed by atoms with E-state index in [1.165, 1.54) is 0 Å². The number of aromatic nitrogens is 1. The number of hydrogen-bond acceptors (Lipinski definition) is 3. The van der Waals surface area contributed by atoms with E-state index in [9.17, 15) is 5.11 Å². The van der Waals surface area contributed by atoms with Crippen molar-refractivity contribution in [1.29, 1.82) is 0 Å². The van der Waals surface area contributed by atoms with E-state index in [0.717, 1.165) is 4.47 Å². The third-order valence-electron chi connectivity index (χ3n) is 2.70. The van der Waals surface area contributed by atoms with Gasteiger partial charge >= 0.3 is 0 Å². The first-order chi connectivity index (χ1) is 8.01. The molecule has 0 bridgehead atoms. The van der Waals surface area contributed by atoms with Crippen LogP contribution in [0.3, 0.4) is 0 Å². The topological polar surface area (TPSA) is 59.1 Å². The van der Waals surface area contributed by atoms with Gasteiger partial charge in [-0.15, -0.1) is 0 Å². The lowest BCUT2D eigenvalue weighted by molar-refractivity contribution is 0.0981. The summed E-state index contributed by atoms with van der Waals surface area (Å²) in [6, 6.07) is 10.8. The fourth-order valence-corrected chi connectivity index (χ4v) is 2.10. The van der Waals surface area contributed by atoms with Gasteiger partial charge in [-0.25, -0.2) is 0 Å². The van der Waals surface area contributed by atoms with E-state index < -0.39 is 5.60 Å². The second kappa shape index (κ2) is 4.47. The van der Waals surface area contributed by atoms with Crippen molar-refractivity contribution in [2.75, 3.05) is 5.73 Å². The summed E-state index contributed by atoms with van der Waals surface area (Å²) in [5.41, 5.74) is 6.47. The zero-order valence-electron chi connectivity index (χ0n) is 9.39. The normalized spacial score (nSPS) is 14.3. The Balaban J connectivity index is 2.55. The molecule has 0 aliphatic rings. The molecule has 1 aromatic heterocycles. The smallest absolute Gasteiger partial charge is 0.131 e. The lowest BCUT2D eigenvalue weighted by Crippen LogP contribution is -2.25. The van der Waals surface area contributed by atoms with Gasteiger partial charge < -0.3 is 10.8 Å². The van der Waals surface area contributed by atoms with Crippen LogP contribution in [0.2, 0.25) is 0 Å². The first kappa shape index (κ1) is 12.1.